The van der Waals surface area contributed by atoms with Crippen LogP contribution in [0, 0.1) is 10.5 Å². The zero-order chi connectivity index (χ0) is 20.6. The van der Waals surface area contributed by atoms with Crippen LogP contribution in [0.2, 0.25) is 0 Å². The van der Waals surface area contributed by atoms with Gasteiger partial charge in [-0.2, -0.15) is 10.1 Å². The van der Waals surface area contributed by atoms with Gasteiger partial charge < -0.3 is 19.9 Å². The molecular weight excluding hydrogens is 491 g/mol. The second kappa shape index (κ2) is 10.0. The number of halogens is 1. The third-order valence-corrected chi connectivity index (χ3v) is 4.31. The maximum atomic E-state index is 12.0. The van der Waals surface area contributed by atoms with E-state index in [2.05, 4.69) is 48.5 Å². The summed E-state index contributed by atoms with van der Waals surface area (Å²) in [5.41, 5.74) is 0.953. The van der Waals surface area contributed by atoms with Crippen LogP contribution in [-0.2, 0) is 11.3 Å². The van der Waals surface area contributed by atoms with Gasteiger partial charge in [0.2, 0.25) is 0 Å². The molecule has 29 heavy (non-hydrogen) atoms. The molecule has 0 saturated carbocycles. The molecule has 3 rings (SSSR count). The van der Waals surface area contributed by atoms with E-state index in [1.54, 1.807) is 16.9 Å². The van der Waals surface area contributed by atoms with Crippen LogP contribution in [0.15, 0.2) is 41.2 Å². The summed E-state index contributed by atoms with van der Waals surface area (Å²) in [5.74, 6) is 0.0704. The molecule has 0 unspecified atom stereocenters. The molecule has 2 N–H and O–H groups in total. The monoisotopic (exact) mass is 510 g/mol. The molecule has 0 radical (unpaired) electrons. The Labute approximate surface area is 180 Å². The Kier molecular flexibility index (Phi) is 7.16. The smallest absolute Gasteiger partial charge is 0.316 e. The highest BCUT2D eigenvalue weighted by Gasteiger charge is 2.15. The minimum Gasteiger partial charge on any atom is -0.484 e. The molecule has 152 valence electrons. The third kappa shape index (κ3) is 6.27. The molecule has 3 aromatic rings. The molecule has 0 aliphatic carbocycles. The van der Waals surface area contributed by atoms with Crippen molar-refractivity contribution >= 4 is 34.4 Å². The van der Waals surface area contributed by atoms with Crippen LogP contribution in [0.1, 0.15) is 22.1 Å². The lowest BCUT2D eigenvalue weighted by molar-refractivity contribution is -0.123. The zero-order valence-electron chi connectivity index (χ0n) is 15.6. The van der Waals surface area contributed by atoms with Gasteiger partial charge in [0.15, 0.2) is 12.4 Å². The largest absolute Gasteiger partial charge is 0.484 e. The minimum absolute atomic E-state index is 0.0990. The maximum absolute atomic E-state index is 12.0. The molecule has 0 aliphatic rings. The summed E-state index contributed by atoms with van der Waals surface area (Å²) in [7, 11) is 0. The third-order valence-electron chi connectivity index (χ3n) is 3.75. The zero-order valence-corrected chi connectivity index (χ0v) is 17.7. The summed E-state index contributed by atoms with van der Waals surface area (Å²) in [6, 6.07) is 7.44. The molecule has 2 heterocycles. The molecule has 0 fully saturated rings. The molecule has 0 atom stereocenters. The van der Waals surface area contributed by atoms with E-state index in [0.29, 0.717) is 18.1 Å². The van der Waals surface area contributed by atoms with Crippen LogP contribution in [0.4, 0.5) is 0 Å². The van der Waals surface area contributed by atoms with E-state index in [-0.39, 0.29) is 31.5 Å². The first-order valence-electron chi connectivity index (χ1n) is 8.75. The fourth-order valence-corrected chi connectivity index (χ4v) is 2.79. The summed E-state index contributed by atoms with van der Waals surface area (Å²) in [4.78, 5) is 27.9. The second-order valence-corrected chi connectivity index (χ2v) is 7.28. The minimum atomic E-state index is -0.510. The molecule has 2 amide bonds. The van der Waals surface area contributed by atoms with Gasteiger partial charge in [0, 0.05) is 19.3 Å². The van der Waals surface area contributed by atoms with Crippen molar-refractivity contribution < 1.29 is 18.8 Å². The van der Waals surface area contributed by atoms with Gasteiger partial charge in [-0.05, 0) is 41.1 Å². The number of nitrogens with one attached hydrogen (secondary N) is 2. The van der Waals surface area contributed by atoms with Crippen LogP contribution in [0.25, 0.3) is 0 Å². The summed E-state index contributed by atoms with van der Waals surface area (Å²) in [6.45, 7) is 2.56. The highest BCUT2D eigenvalue weighted by molar-refractivity contribution is 14.1. The lowest BCUT2D eigenvalue weighted by atomic mass is 10.2. The van der Waals surface area contributed by atoms with Crippen molar-refractivity contribution in [1.82, 2.24) is 30.6 Å². The van der Waals surface area contributed by atoms with Gasteiger partial charge in [0.05, 0.1) is 9.77 Å². The van der Waals surface area contributed by atoms with Gasteiger partial charge in [0.25, 0.3) is 5.91 Å². The first-order valence-corrected chi connectivity index (χ1v) is 9.83. The highest BCUT2D eigenvalue weighted by Crippen LogP contribution is 2.15. The van der Waals surface area contributed by atoms with Crippen molar-refractivity contribution in [3.05, 3.63) is 57.5 Å². The Morgan fingerprint density at radius 2 is 2.03 bits per heavy atom. The number of carbonyl (C=O) groups excluding carboxylic acids is 2. The number of ether oxygens (including phenoxy) is 1. The molecular formula is C18H19IN6O4. The first-order chi connectivity index (χ1) is 14.0. The van der Waals surface area contributed by atoms with Crippen molar-refractivity contribution in [1.29, 1.82) is 0 Å². The lowest BCUT2D eigenvalue weighted by Crippen LogP contribution is -2.36. The lowest BCUT2D eigenvalue weighted by Gasteiger charge is -2.09. The highest BCUT2D eigenvalue weighted by atomic mass is 127. The Morgan fingerprint density at radius 3 is 2.79 bits per heavy atom. The number of rotatable bonds is 9. The van der Waals surface area contributed by atoms with Crippen LogP contribution in [-0.4, -0.2) is 51.4 Å². The van der Waals surface area contributed by atoms with Crippen LogP contribution >= 0.6 is 22.6 Å². The summed E-state index contributed by atoms with van der Waals surface area (Å²) in [5, 5.41) is 13.1. The average Bonchev–Trinajstić information content (AvgIpc) is 3.33. The number of hydrogen-bond donors (Lipinski definition) is 2. The van der Waals surface area contributed by atoms with Gasteiger partial charge in [-0.25, -0.2) is 0 Å². The van der Waals surface area contributed by atoms with Crippen LogP contribution in [0.5, 0.6) is 5.75 Å². The number of nitrogens with zero attached hydrogens (tertiary/aromatic N) is 4. The van der Waals surface area contributed by atoms with Gasteiger partial charge in [-0.15, -0.1) is 0 Å². The van der Waals surface area contributed by atoms with E-state index in [9.17, 15) is 9.59 Å². The topological polar surface area (TPSA) is 124 Å². The van der Waals surface area contributed by atoms with Gasteiger partial charge in [-0.1, -0.05) is 23.4 Å². The molecule has 10 nitrogen and oxygen atoms in total. The quantitative estimate of drug-likeness (QED) is 0.327. The molecule has 0 saturated heterocycles. The average molecular weight is 510 g/mol. The predicted molar refractivity (Wildman–Crippen MR) is 110 cm³/mol. The summed E-state index contributed by atoms with van der Waals surface area (Å²) in [6.07, 6.45) is 3.52. The van der Waals surface area contributed by atoms with Crippen molar-refractivity contribution in [2.24, 2.45) is 0 Å². The number of carbonyl (C=O) groups is 2. The maximum Gasteiger partial charge on any atom is 0.316 e. The Bertz CT molecular complexity index is 986. The van der Waals surface area contributed by atoms with Gasteiger partial charge >= 0.3 is 11.8 Å². The molecule has 0 spiro atoms. The fourth-order valence-electron chi connectivity index (χ4n) is 2.35. The van der Waals surface area contributed by atoms with Gasteiger partial charge in [-0.3, -0.25) is 14.3 Å². The number of aromatic nitrogens is 4. The van der Waals surface area contributed by atoms with Crippen LogP contribution < -0.4 is 15.4 Å². The fraction of sp³-hybridized carbons (Fsp3) is 0.278. The van der Waals surface area contributed by atoms with Crippen molar-refractivity contribution in [2.75, 3.05) is 19.7 Å². The number of amides is 2. The SMILES string of the molecule is Cc1ccccc1OCC(=O)NCCNC(=O)c1nc(Cn2cc(I)cn2)no1. The normalized spacial score (nSPS) is 10.6. The Morgan fingerprint density at radius 1 is 1.24 bits per heavy atom. The molecule has 0 bridgehead atoms. The van der Waals surface area contributed by atoms with Crippen molar-refractivity contribution in [2.45, 2.75) is 13.5 Å². The summed E-state index contributed by atoms with van der Waals surface area (Å²) < 4.78 is 13.0. The van der Waals surface area contributed by atoms with E-state index < -0.39 is 5.91 Å². The van der Waals surface area contributed by atoms with Gasteiger partial charge in [0.1, 0.15) is 12.3 Å². The number of hydrogen-bond acceptors (Lipinski definition) is 7. The predicted octanol–water partition coefficient (Wildman–Crippen LogP) is 1.15. The molecule has 0 aliphatic heterocycles. The Hall–Kier alpha value is -2.96. The van der Waals surface area contributed by atoms with E-state index in [1.807, 2.05) is 31.3 Å². The molecule has 11 heteroatoms. The number of aryl methyl sites for hydroxylation is 1. The number of benzene rings is 1. The van der Waals surface area contributed by atoms with E-state index >= 15 is 0 Å². The van der Waals surface area contributed by atoms with Crippen molar-refractivity contribution in [3.63, 3.8) is 0 Å². The van der Waals surface area contributed by atoms with Crippen molar-refractivity contribution in [3.8, 4) is 5.75 Å². The molecule has 2 aromatic heterocycles. The van der Waals surface area contributed by atoms with Crippen LogP contribution in [0.3, 0.4) is 0 Å². The second-order valence-electron chi connectivity index (χ2n) is 6.03. The standard InChI is InChI=1S/C18H19IN6O4/c1-12-4-2-3-5-14(12)28-11-16(26)20-6-7-21-17(27)18-23-15(24-29-18)10-25-9-13(19)8-22-25/h2-5,8-9H,6-7,10-11H2,1H3,(H,20,26)(H,21,27). The molecule has 1 aromatic carbocycles. The van der Waals surface area contributed by atoms with E-state index in [1.165, 1.54) is 0 Å². The van der Waals surface area contributed by atoms with E-state index in [4.69, 9.17) is 9.26 Å². The van der Waals surface area contributed by atoms with E-state index in [0.717, 1.165) is 9.13 Å². The summed E-state index contributed by atoms with van der Waals surface area (Å²) >= 11 is 2.14. The Balaban J connectivity index is 1.35. The first kappa shape index (κ1) is 20.8. The number of para-hydroxylation sites is 1.